The first-order valence-corrected chi connectivity index (χ1v) is 9.93. The Labute approximate surface area is 200 Å². The van der Waals surface area contributed by atoms with Crippen molar-refractivity contribution in [2.75, 3.05) is 19.8 Å². The van der Waals surface area contributed by atoms with Gasteiger partial charge in [0.15, 0.2) is 0 Å². The van der Waals surface area contributed by atoms with Gasteiger partial charge in [0, 0.05) is 0 Å². The summed E-state index contributed by atoms with van der Waals surface area (Å²) in [5.74, 6) is 0. The third-order valence-corrected chi connectivity index (χ3v) is 3.65. The molecule has 0 spiro atoms. The van der Waals surface area contributed by atoms with Crippen molar-refractivity contribution >= 4 is 7.82 Å². The first kappa shape index (κ1) is 32.6. The van der Waals surface area contributed by atoms with Crippen LogP contribution in [0.25, 0.3) is 0 Å². The van der Waals surface area contributed by atoms with Gasteiger partial charge >= 0.3 is 59.1 Å². The molecule has 0 aliphatic heterocycles. The van der Waals surface area contributed by atoms with E-state index in [1.54, 1.807) is 0 Å². The Morgan fingerprint density at radius 1 is 0.654 bits per heavy atom. The molecule has 0 aliphatic rings. The predicted octanol–water partition coefficient (Wildman–Crippen LogP) is -3.50. The van der Waals surface area contributed by atoms with E-state index in [1.807, 2.05) is 0 Å². The summed E-state index contributed by atoms with van der Waals surface area (Å²) >= 11 is 0. The van der Waals surface area contributed by atoms with E-state index in [2.05, 4.69) is 36.3 Å². The molecule has 0 rings (SSSR count). The van der Waals surface area contributed by atoms with Gasteiger partial charge in [0.05, 0.1) is 21.0 Å². The van der Waals surface area contributed by atoms with Crippen LogP contribution in [0.15, 0.2) is 0 Å². The van der Waals surface area contributed by atoms with Gasteiger partial charge in [-0.15, -0.1) is 0 Å². The molecule has 0 saturated carbocycles. The van der Waals surface area contributed by atoms with Crippen LogP contribution in [0, 0.1) is 0 Å². The zero-order valence-corrected chi connectivity index (χ0v) is 21.2. The van der Waals surface area contributed by atoms with Gasteiger partial charge < -0.3 is 18.9 Å². The SMILES string of the molecule is CCCCCCCCCCCCOOOOOCCOP(=O)([O-])[O-].[Na+].[Na+]. The maximum atomic E-state index is 10.1. The quantitative estimate of drug-likeness (QED) is 0.0692. The van der Waals surface area contributed by atoms with Crippen LogP contribution in [0.5, 0.6) is 0 Å². The molecule has 9 nitrogen and oxygen atoms in total. The van der Waals surface area contributed by atoms with Crippen molar-refractivity contribution in [1.29, 1.82) is 0 Å². The van der Waals surface area contributed by atoms with E-state index in [0.29, 0.717) is 6.61 Å². The third-order valence-electron chi connectivity index (χ3n) is 3.15. The van der Waals surface area contributed by atoms with E-state index < -0.39 is 14.4 Å². The number of phosphoric ester groups is 1. The van der Waals surface area contributed by atoms with E-state index in [9.17, 15) is 14.4 Å². The summed E-state index contributed by atoms with van der Waals surface area (Å²) in [6, 6.07) is 0. The van der Waals surface area contributed by atoms with Gasteiger partial charge in [-0.3, -0.25) is 0 Å². The van der Waals surface area contributed by atoms with Crippen molar-refractivity contribution in [3.05, 3.63) is 0 Å². The molecule has 0 aromatic carbocycles. The molecule has 0 aromatic heterocycles. The van der Waals surface area contributed by atoms with Gasteiger partial charge in [-0.1, -0.05) is 64.7 Å². The smallest absolute Gasteiger partial charge is 0.790 e. The molecule has 0 fully saturated rings. The van der Waals surface area contributed by atoms with Crippen LogP contribution in [0.4, 0.5) is 0 Å². The van der Waals surface area contributed by atoms with E-state index in [0.717, 1.165) is 12.8 Å². The van der Waals surface area contributed by atoms with Crippen LogP contribution in [0.2, 0.25) is 0 Å². The van der Waals surface area contributed by atoms with Gasteiger partial charge in [0.1, 0.15) is 6.61 Å². The summed E-state index contributed by atoms with van der Waals surface area (Å²) in [4.78, 5) is 29.1. The monoisotopic (exact) mass is 418 g/mol. The van der Waals surface area contributed by atoms with E-state index in [-0.39, 0.29) is 65.7 Å². The fraction of sp³-hybridized carbons (Fsp3) is 1.00. The Hall–Kier alpha value is 1.91. The van der Waals surface area contributed by atoms with Gasteiger partial charge in [-0.2, -0.15) is 0 Å². The van der Waals surface area contributed by atoms with E-state index in [1.165, 1.54) is 51.4 Å². The fourth-order valence-corrected chi connectivity index (χ4v) is 2.25. The second-order valence-corrected chi connectivity index (χ2v) is 6.46. The average molecular weight is 418 g/mol. The van der Waals surface area contributed by atoms with Gasteiger partial charge in [-0.25, -0.2) is 9.78 Å². The van der Waals surface area contributed by atoms with E-state index >= 15 is 0 Å². The summed E-state index contributed by atoms with van der Waals surface area (Å²) in [5, 5.41) is 12.3. The molecular weight excluding hydrogens is 389 g/mol. The number of rotatable bonds is 19. The topological polar surface area (TPSA) is 119 Å². The Morgan fingerprint density at radius 3 is 1.62 bits per heavy atom. The van der Waals surface area contributed by atoms with Gasteiger partial charge in [0.2, 0.25) is 0 Å². The van der Waals surface area contributed by atoms with Gasteiger partial charge in [-0.05, 0) is 21.5 Å². The number of hydrogen-bond acceptors (Lipinski definition) is 9. The normalized spacial score (nSPS) is 11.0. The summed E-state index contributed by atoms with van der Waals surface area (Å²) in [6.45, 7) is 1.78. The Morgan fingerprint density at radius 2 is 1.12 bits per heavy atom. The van der Waals surface area contributed by atoms with E-state index in [4.69, 9.17) is 0 Å². The molecule has 0 unspecified atom stereocenters. The zero-order chi connectivity index (χ0) is 17.9. The van der Waals surface area contributed by atoms with Crippen molar-refractivity contribution in [2.45, 2.75) is 71.1 Å². The Kier molecular flexibility index (Phi) is 31.3. The van der Waals surface area contributed by atoms with Gasteiger partial charge in [0.25, 0.3) is 0 Å². The number of phosphoric acid groups is 1. The molecule has 0 amide bonds. The van der Waals surface area contributed by atoms with Crippen molar-refractivity contribution in [2.24, 2.45) is 0 Å². The molecule has 0 saturated heterocycles. The molecule has 0 N–H and O–H groups in total. The molecule has 146 valence electrons. The molecule has 0 aromatic rings. The summed E-state index contributed by atoms with van der Waals surface area (Å²) in [7, 11) is -4.99. The fourth-order valence-electron chi connectivity index (χ4n) is 1.95. The minimum absolute atomic E-state index is 0. The minimum atomic E-state index is -4.99. The van der Waals surface area contributed by atoms with Crippen LogP contribution >= 0.6 is 7.82 Å². The molecule has 0 heterocycles. The summed E-state index contributed by atoms with van der Waals surface area (Å²) < 4.78 is 13.9. The van der Waals surface area contributed by atoms with Crippen LogP contribution in [0.3, 0.4) is 0 Å². The van der Waals surface area contributed by atoms with Crippen molar-refractivity contribution in [3.63, 3.8) is 0 Å². The predicted molar refractivity (Wildman–Crippen MR) is 80.6 cm³/mol. The van der Waals surface area contributed by atoms with Crippen molar-refractivity contribution in [3.8, 4) is 0 Å². The maximum Gasteiger partial charge on any atom is 1.00 e. The summed E-state index contributed by atoms with van der Waals surface area (Å²) in [6.07, 6.45) is 12.2. The second kappa shape index (κ2) is 24.9. The molecule has 26 heavy (non-hydrogen) atoms. The molecule has 12 heteroatoms. The molecule has 0 bridgehead atoms. The van der Waals surface area contributed by atoms with Crippen LogP contribution in [-0.4, -0.2) is 19.8 Å². The van der Waals surface area contributed by atoms with Crippen LogP contribution < -0.4 is 68.9 Å². The number of unbranched alkanes of at least 4 members (excludes halogenated alkanes) is 9. The second-order valence-electron chi connectivity index (χ2n) is 5.31. The summed E-state index contributed by atoms with van der Waals surface area (Å²) in [5.41, 5.74) is 0. The Balaban J connectivity index is -0.00000264. The number of hydrogen-bond donors (Lipinski definition) is 0. The first-order valence-electron chi connectivity index (χ1n) is 8.47. The van der Waals surface area contributed by atoms with Crippen LogP contribution in [-0.2, 0) is 34.0 Å². The molecule has 0 aliphatic carbocycles. The largest absolute Gasteiger partial charge is 1.00 e. The maximum absolute atomic E-state index is 10.1. The molecule has 0 radical (unpaired) electrons. The first-order chi connectivity index (χ1) is 11.6. The Bertz CT molecular complexity index is 308. The van der Waals surface area contributed by atoms with Crippen LogP contribution in [0.1, 0.15) is 71.1 Å². The zero-order valence-electron chi connectivity index (χ0n) is 16.3. The standard InChI is InChI=1S/C14H31O9P.2Na/c1-2-3-4-5-6-7-8-9-10-11-12-18-21-23-22-19-13-14-20-24(15,16)17;;/h2-14H2,1H3,(H2,15,16,17);;/q;2*+1/p-2. The van der Waals surface area contributed by atoms with Crippen molar-refractivity contribution in [1.82, 2.24) is 0 Å². The molecular formula is C14H29Na2O9P. The minimum Gasteiger partial charge on any atom is -0.790 e. The molecule has 0 atom stereocenters. The van der Waals surface area contributed by atoms with Crippen molar-refractivity contribution < 1.29 is 103 Å². The average Bonchev–Trinajstić information content (AvgIpc) is 2.52. The third kappa shape index (κ3) is 30.6.